The zero-order valence-electron chi connectivity index (χ0n) is 10.4. The van der Waals surface area contributed by atoms with Crippen LogP contribution in [-0.4, -0.2) is 25.1 Å². The Morgan fingerprint density at radius 2 is 2.20 bits per heavy atom. The predicted molar refractivity (Wildman–Crippen MR) is 73.9 cm³/mol. The SMILES string of the molecule is Cc1ccc(-n2nnnc2-c2cccs2)cc1[N+](=O)[O-]. The van der Waals surface area contributed by atoms with Gasteiger partial charge in [-0.15, -0.1) is 16.4 Å². The molecule has 8 heteroatoms. The van der Waals surface area contributed by atoms with Crippen LogP contribution in [-0.2, 0) is 0 Å². The van der Waals surface area contributed by atoms with E-state index in [1.165, 1.54) is 22.1 Å². The van der Waals surface area contributed by atoms with Gasteiger partial charge in [0.2, 0.25) is 0 Å². The number of aromatic nitrogens is 4. The molecule has 2 aromatic heterocycles. The van der Waals surface area contributed by atoms with Crippen LogP contribution in [0.25, 0.3) is 16.4 Å². The molecular weight excluding hydrogens is 278 g/mol. The van der Waals surface area contributed by atoms with Crippen LogP contribution >= 0.6 is 11.3 Å². The van der Waals surface area contributed by atoms with Crippen LogP contribution in [0.5, 0.6) is 0 Å². The van der Waals surface area contributed by atoms with Gasteiger partial charge in [0.25, 0.3) is 5.69 Å². The molecule has 20 heavy (non-hydrogen) atoms. The van der Waals surface area contributed by atoms with Gasteiger partial charge in [-0.3, -0.25) is 10.1 Å². The molecule has 0 aliphatic carbocycles. The van der Waals surface area contributed by atoms with E-state index in [4.69, 9.17) is 0 Å². The quantitative estimate of drug-likeness (QED) is 0.546. The van der Waals surface area contributed by atoms with Gasteiger partial charge in [-0.25, -0.2) is 0 Å². The summed E-state index contributed by atoms with van der Waals surface area (Å²) in [5.41, 5.74) is 1.22. The van der Waals surface area contributed by atoms with E-state index in [-0.39, 0.29) is 5.69 Å². The van der Waals surface area contributed by atoms with Crippen molar-refractivity contribution in [2.24, 2.45) is 0 Å². The first kappa shape index (κ1) is 12.4. The monoisotopic (exact) mass is 287 g/mol. The first-order chi connectivity index (χ1) is 9.66. The smallest absolute Gasteiger partial charge is 0.258 e. The van der Waals surface area contributed by atoms with Crippen molar-refractivity contribution in [3.05, 3.63) is 51.4 Å². The molecule has 0 saturated heterocycles. The molecule has 0 atom stereocenters. The van der Waals surface area contributed by atoms with E-state index in [1.54, 1.807) is 19.1 Å². The number of hydrogen-bond donors (Lipinski definition) is 0. The van der Waals surface area contributed by atoms with Crippen LogP contribution in [0.3, 0.4) is 0 Å². The fraction of sp³-hybridized carbons (Fsp3) is 0.0833. The lowest BCUT2D eigenvalue weighted by atomic mass is 10.2. The summed E-state index contributed by atoms with van der Waals surface area (Å²) in [7, 11) is 0. The van der Waals surface area contributed by atoms with Crippen molar-refractivity contribution in [1.29, 1.82) is 0 Å². The van der Waals surface area contributed by atoms with Crippen LogP contribution in [0, 0.1) is 17.0 Å². The highest BCUT2D eigenvalue weighted by Crippen LogP contribution is 2.26. The molecule has 7 nitrogen and oxygen atoms in total. The van der Waals surface area contributed by atoms with E-state index in [1.807, 2.05) is 17.5 Å². The zero-order valence-corrected chi connectivity index (χ0v) is 11.2. The van der Waals surface area contributed by atoms with Crippen molar-refractivity contribution in [1.82, 2.24) is 20.2 Å². The van der Waals surface area contributed by atoms with Crippen molar-refractivity contribution < 1.29 is 4.92 Å². The average molecular weight is 287 g/mol. The Hall–Kier alpha value is -2.61. The largest absolute Gasteiger partial charge is 0.274 e. The van der Waals surface area contributed by atoms with Crippen LogP contribution in [0.4, 0.5) is 5.69 Å². The summed E-state index contributed by atoms with van der Waals surface area (Å²) in [5.74, 6) is 0.568. The van der Waals surface area contributed by atoms with Gasteiger partial charge >= 0.3 is 0 Å². The van der Waals surface area contributed by atoms with Gasteiger partial charge in [0.15, 0.2) is 5.82 Å². The van der Waals surface area contributed by atoms with Gasteiger partial charge in [0, 0.05) is 11.6 Å². The third-order valence-electron chi connectivity index (χ3n) is 2.85. The molecule has 0 aliphatic heterocycles. The van der Waals surface area contributed by atoms with Gasteiger partial charge in [-0.1, -0.05) is 12.1 Å². The molecule has 0 bridgehead atoms. The first-order valence-corrected chi connectivity index (χ1v) is 6.62. The number of nitro benzene ring substituents is 1. The number of aryl methyl sites for hydroxylation is 1. The molecule has 0 radical (unpaired) electrons. The van der Waals surface area contributed by atoms with Crippen LogP contribution < -0.4 is 0 Å². The van der Waals surface area contributed by atoms with E-state index in [9.17, 15) is 10.1 Å². The molecule has 0 unspecified atom stereocenters. The Kier molecular flexibility index (Phi) is 2.99. The molecule has 0 amide bonds. The third kappa shape index (κ3) is 2.05. The molecule has 0 aliphatic rings. The van der Waals surface area contributed by atoms with Crippen LogP contribution in [0.1, 0.15) is 5.56 Å². The highest BCUT2D eigenvalue weighted by molar-refractivity contribution is 7.13. The molecule has 0 spiro atoms. The standard InChI is InChI=1S/C12H9N5O2S/c1-8-4-5-9(7-10(8)17(18)19)16-12(13-14-15-16)11-3-2-6-20-11/h2-7H,1H3. The predicted octanol–water partition coefficient (Wildman–Crippen LogP) is 2.61. The normalized spacial score (nSPS) is 10.7. The number of rotatable bonds is 3. The number of thiophene rings is 1. The maximum absolute atomic E-state index is 11.0. The number of tetrazole rings is 1. The van der Waals surface area contributed by atoms with Crippen molar-refractivity contribution in [3.63, 3.8) is 0 Å². The number of nitro groups is 1. The molecule has 0 saturated carbocycles. The Morgan fingerprint density at radius 1 is 1.35 bits per heavy atom. The summed E-state index contributed by atoms with van der Waals surface area (Å²) in [5, 5.41) is 24.5. The summed E-state index contributed by atoms with van der Waals surface area (Å²) in [4.78, 5) is 11.5. The highest BCUT2D eigenvalue weighted by atomic mass is 32.1. The lowest BCUT2D eigenvalue weighted by molar-refractivity contribution is -0.385. The van der Waals surface area contributed by atoms with Gasteiger partial charge in [0.05, 0.1) is 15.5 Å². The Morgan fingerprint density at radius 3 is 2.90 bits per heavy atom. The molecular formula is C12H9N5O2S. The van der Waals surface area contributed by atoms with Crippen molar-refractivity contribution in [2.75, 3.05) is 0 Å². The second-order valence-electron chi connectivity index (χ2n) is 4.12. The zero-order chi connectivity index (χ0) is 14.1. The van der Waals surface area contributed by atoms with E-state index in [2.05, 4.69) is 15.5 Å². The number of hydrogen-bond acceptors (Lipinski definition) is 6. The minimum atomic E-state index is -0.409. The lowest BCUT2D eigenvalue weighted by Gasteiger charge is -2.04. The van der Waals surface area contributed by atoms with E-state index in [0.29, 0.717) is 17.1 Å². The first-order valence-electron chi connectivity index (χ1n) is 5.74. The Balaban J connectivity index is 2.13. The third-order valence-corrected chi connectivity index (χ3v) is 3.71. The molecule has 100 valence electrons. The topological polar surface area (TPSA) is 86.7 Å². The van der Waals surface area contributed by atoms with Crippen LogP contribution in [0.15, 0.2) is 35.7 Å². The van der Waals surface area contributed by atoms with E-state index < -0.39 is 4.92 Å². The highest BCUT2D eigenvalue weighted by Gasteiger charge is 2.16. The Bertz CT molecular complexity index is 766. The maximum atomic E-state index is 11.0. The second kappa shape index (κ2) is 4.82. The number of nitrogens with zero attached hydrogens (tertiary/aromatic N) is 5. The molecule has 3 aromatic rings. The summed E-state index contributed by atoms with van der Waals surface area (Å²) in [6.07, 6.45) is 0. The molecule has 0 N–H and O–H groups in total. The second-order valence-corrected chi connectivity index (χ2v) is 5.07. The van der Waals surface area contributed by atoms with Crippen LogP contribution in [0.2, 0.25) is 0 Å². The number of benzene rings is 1. The summed E-state index contributed by atoms with van der Waals surface area (Å²) in [6.45, 7) is 1.70. The fourth-order valence-electron chi connectivity index (χ4n) is 1.85. The molecule has 3 rings (SSSR count). The van der Waals surface area contributed by atoms with Gasteiger partial charge in [-0.2, -0.15) is 4.68 Å². The van der Waals surface area contributed by atoms with Gasteiger partial charge < -0.3 is 0 Å². The maximum Gasteiger partial charge on any atom is 0.274 e. The summed E-state index contributed by atoms with van der Waals surface area (Å²) < 4.78 is 1.50. The van der Waals surface area contributed by atoms with Crippen molar-refractivity contribution >= 4 is 17.0 Å². The molecule has 0 fully saturated rings. The van der Waals surface area contributed by atoms with Crippen molar-refractivity contribution in [2.45, 2.75) is 6.92 Å². The van der Waals surface area contributed by atoms with Crippen molar-refractivity contribution in [3.8, 4) is 16.4 Å². The summed E-state index contributed by atoms with van der Waals surface area (Å²) >= 11 is 1.51. The van der Waals surface area contributed by atoms with E-state index in [0.717, 1.165) is 4.88 Å². The van der Waals surface area contributed by atoms with Gasteiger partial charge in [-0.05, 0) is 34.9 Å². The molecule has 2 heterocycles. The lowest BCUT2D eigenvalue weighted by Crippen LogP contribution is -2.01. The van der Waals surface area contributed by atoms with Gasteiger partial charge in [0.1, 0.15) is 0 Å². The fourth-order valence-corrected chi connectivity index (χ4v) is 2.54. The summed E-state index contributed by atoms with van der Waals surface area (Å²) in [6, 6.07) is 8.72. The minimum absolute atomic E-state index is 0.0510. The van der Waals surface area contributed by atoms with E-state index >= 15 is 0 Å². The average Bonchev–Trinajstić information content (AvgIpc) is 3.09. The minimum Gasteiger partial charge on any atom is -0.258 e. The Labute approximate surface area is 117 Å². The molecule has 1 aromatic carbocycles.